The molecule has 1 aliphatic heterocycles. The Morgan fingerprint density at radius 2 is 2.18 bits per heavy atom. The Morgan fingerprint density at radius 3 is 2.91 bits per heavy atom. The van der Waals surface area contributed by atoms with Crippen LogP contribution in [0.15, 0.2) is 24.3 Å². The largest absolute Gasteiger partial charge is 0.363 e. The Kier molecular flexibility index (Phi) is 3.54. The van der Waals surface area contributed by atoms with Crippen LogP contribution in [0, 0.1) is 12.0 Å². The normalized spacial score (nSPS) is 13.6. The maximum atomic E-state index is 13.2. The molecule has 2 amide bonds. The molecule has 2 heterocycles. The van der Waals surface area contributed by atoms with E-state index in [0.29, 0.717) is 18.7 Å². The number of carbonyl (C=O) groups is 2. The lowest BCUT2D eigenvalue weighted by molar-refractivity contribution is 0.0731. The van der Waals surface area contributed by atoms with E-state index in [9.17, 15) is 14.0 Å². The molecule has 0 aliphatic carbocycles. The van der Waals surface area contributed by atoms with Gasteiger partial charge in [0.1, 0.15) is 5.82 Å². The maximum absolute atomic E-state index is 13.2. The molecule has 1 aromatic carbocycles. The molecule has 2 aromatic rings. The van der Waals surface area contributed by atoms with Crippen LogP contribution in [0.25, 0.3) is 0 Å². The monoisotopic (exact) mass is 299 g/mol. The summed E-state index contributed by atoms with van der Waals surface area (Å²) in [4.78, 5) is 32.9. The summed E-state index contributed by atoms with van der Waals surface area (Å²) in [5.41, 5.74) is 6.72. The summed E-state index contributed by atoms with van der Waals surface area (Å²) in [5.74, 6) is -1.62. The summed E-state index contributed by atoms with van der Waals surface area (Å²) in [7, 11) is 0. The number of nitrogens with two attached hydrogens (primary N) is 1. The summed E-state index contributed by atoms with van der Waals surface area (Å²) >= 11 is 0. The predicted molar refractivity (Wildman–Crippen MR) is 74.2 cm³/mol. The van der Waals surface area contributed by atoms with Gasteiger partial charge >= 0.3 is 0 Å². The van der Waals surface area contributed by atoms with E-state index in [2.05, 4.69) is 16.2 Å². The van der Waals surface area contributed by atoms with Gasteiger partial charge in [0.05, 0.1) is 18.4 Å². The Hall–Kier alpha value is -2.83. The van der Waals surface area contributed by atoms with Crippen molar-refractivity contribution < 1.29 is 14.0 Å². The van der Waals surface area contributed by atoms with Crippen LogP contribution in [-0.4, -0.2) is 33.2 Å². The second kappa shape index (κ2) is 5.51. The first-order valence-electron chi connectivity index (χ1n) is 6.66. The van der Waals surface area contributed by atoms with E-state index in [1.165, 1.54) is 18.2 Å². The lowest BCUT2D eigenvalue weighted by Gasteiger charge is -2.27. The number of rotatable bonds is 2. The van der Waals surface area contributed by atoms with Gasteiger partial charge in [0.15, 0.2) is 0 Å². The lowest BCUT2D eigenvalue weighted by atomic mass is 10.1. The van der Waals surface area contributed by atoms with Crippen molar-refractivity contribution in [1.82, 2.24) is 14.9 Å². The van der Waals surface area contributed by atoms with Crippen LogP contribution < -0.4 is 5.73 Å². The average Bonchev–Trinajstić information content (AvgIpc) is 2.53. The number of benzene rings is 1. The first-order valence-corrected chi connectivity index (χ1v) is 6.66. The lowest BCUT2D eigenvalue weighted by Crippen LogP contribution is -2.37. The van der Waals surface area contributed by atoms with Crippen LogP contribution in [0.2, 0.25) is 0 Å². The Bertz CT molecular complexity index is 763. The zero-order chi connectivity index (χ0) is 15.7. The molecule has 0 atom stereocenters. The van der Waals surface area contributed by atoms with Gasteiger partial charge in [-0.05, 0) is 24.6 Å². The fraction of sp³-hybridized carbons (Fsp3) is 0.200. The fourth-order valence-electron chi connectivity index (χ4n) is 2.33. The van der Waals surface area contributed by atoms with E-state index in [0.717, 1.165) is 5.56 Å². The van der Waals surface area contributed by atoms with Crippen LogP contribution in [-0.2, 0) is 13.0 Å². The number of amides is 2. The summed E-state index contributed by atoms with van der Waals surface area (Å²) in [6, 6.07) is 5.52. The summed E-state index contributed by atoms with van der Waals surface area (Å²) < 4.78 is 13.2. The minimum Gasteiger partial charge on any atom is -0.363 e. The van der Waals surface area contributed by atoms with Crippen LogP contribution >= 0.6 is 0 Å². The van der Waals surface area contributed by atoms with Crippen molar-refractivity contribution in [3.05, 3.63) is 58.9 Å². The van der Waals surface area contributed by atoms with Gasteiger partial charge in [0.25, 0.3) is 11.8 Å². The summed E-state index contributed by atoms with van der Waals surface area (Å²) in [6.07, 6.45) is 3.26. The molecular formula is C15H12FN4O2. The molecule has 0 spiro atoms. The molecule has 0 saturated heterocycles. The number of hydrogen-bond donors (Lipinski definition) is 1. The number of nitrogens with zero attached hydrogens (tertiary/aromatic N) is 3. The molecule has 3 rings (SSSR count). The van der Waals surface area contributed by atoms with Crippen molar-refractivity contribution in [2.75, 3.05) is 6.54 Å². The molecule has 0 unspecified atom stereocenters. The van der Waals surface area contributed by atoms with Crippen LogP contribution in [0.1, 0.15) is 32.2 Å². The highest BCUT2D eigenvalue weighted by molar-refractivity contribution is 5.94. The third-order valence-corrected chi connectivity index (χ3v) is 3.44. The van der Waals surface area contributed by atoms with Gasteiger partial charge in [-0.25, -0.2) is 14.4 Å². The Labute approximate surface area is 125 Å². The third kappa shape index (κ3) is 2.65. The highest BCUT2D eigenvalue weighted by Gasteiger charge is 2.24. The Morgan fingerprint density at radius 1 is 1.36 bits per heavy atom. The molecule has 0 bridgehead atoms. The molecule has 1 radical (unpaired) electrons. The topological polar surface area (TPSA) is 89.2 Å². The van der Waals surface area contributed by atoms with E-state index in [4.69, 9.17) is 5.73 Å². The highest BCUT2D eigenvalue weighted by atomic mass is 19.1. The van der Waals surface area contributed by atoms with E-state index in [-0.39, 0.29) is 23.8 Å². The zero-order valence-corrected chi connectivity index (χ0v) is 11.5. The molecule has 22 heavy (non-hydrogen) atoms. The first kappa shape index (κ1) is 14.1. The number of hydrogen-bond acceptors (Lipinski definition) is 4. The van der Waals surface area contributed by atoms with Crippen molar-refractivity contribution in [2.24, 2.45) is 5.73 Å². The van der Waals surface area contributed by atoms with Gasteiger partial charge < -0.3 is 10.6 Å². The van der Waals surface area contributed by atoms with Crippen molar-refractivity contribution >= 4 is 11.8 Å². The Balaban J connectivity index is 1.85. The molecule has 1 aliphatic rings. The molecule has 0 fully saturated rings. The van der Waals surface area contributed by atoms with Gasteiger partial charge in [0, 0.05) is 17.7 Å². The molecule has 2 N–H and O–H groups in total. The van der Waals surface area contributed by atoms with Crippen LogP contribution in [0.4, 0.5) is 4.39 Å². The molecule has 6 nitrogen and oxygen atoms in total. The smallest absolute Gasteiger partial charge is 0.286 e. The molecule has 0 saturated carbocycles. The van der Waals surface area contributed by atoms with Crippen LogP contribution in [0.3, 0.4) is 0 Å². The van der Waals surface area contributed by atoms with Crippen molar-refractivity contribution in [1.29, 1.82) is 0 Å². The standard InChI is InChI=1S/C15H12FN4O2/c16-11-3-1-2-9(6-11)15(22)20-5-4-10-7-18-14(13(17)21)19-12(10)8-20/h1-3,6H,4-5,8H2,(H2,17,21). The molecule has 1 aromatic heterocycles. The van der Waals surface area contributed by atoms with E-state index in [1.54, 1.807) is 11.0 Å². The van der Waals surface area contributed by atoms with E-state index >= 15 is 0 Å². The van der Waals surface area contributed by atoms with Crippen molar-refractivity contribution in [3.8, 4) is 0 Å². The van der Waals surface area contributed by atoms with Gasteiger partial charge in [-0.2, -0.15) is 0 Å². The summed E-state index contributed by atoms with van der Waals surface area (Å²) in [5, 5.41) is 0. The summed E-state index contributed by atoms with van der Waals surface area (Å²) in [6.45, 7) is 0.669. The molecular weight excluding hydrogens is 287 g/mol. The number of primary amides is 1. The number of aromatic nitrogens is 2. The fourth-order valence-corrected chi connectivity index (χ4v) is 2.33. The first-order chi connectivity index (χ1) is 10.5. The average molecular weight is 299 g/mol. The third-order valence-electron chi connectivity index (χ3n) is 3.44. The van der Waals surface area contributed by atoms with Crippen molar-refractivity contribution in [3.63, 3.8) is 0 Å². The minimum absolute atomic E-state index is 0.126. The molecule has 7 heteroatoms. The maximum Gasteiger partial charge on any atom is 0.286 e. The molecule has 111 valence electrons. The SMILES string of the molecule is NC(=O)c1n[c]c2c(n1)CN(C(=O)c1cccc(F)c1)CC2. The number of carbonyl (C=O) groups excluding carboxylic acids is 2. The second-order valence-electron chi connectivity index (χ2n) is 4.94. The van der Waals surface area contributed by atoms with Crippen molar-refractivity contribution in [2.45, 2.75) is 13.0 Å². The minimum atomic E-state index is -0.743. The van der Waals surface area contributed by atoms with Gasteiger partial charge in [-0.15, -0.1) is 0 Å². The quantitative estimate of drug-likeness (QED) is 0.884. The van der Waals surface area contributed by atoms with Gasteiger partial charge in [0.2, 0.25) is 5.82 Å². The number of halogens is 1. The predicted octanol–water partition coefficient (Wildman–Crippen LogP) is 0.713. The van der Waals surface area contributed by atoms with E-state index < -0.39 is 11.7 Å². The second-order valence-corrected chi connectivity index (χ2v) is 4.94. The zero-order valence-electron chi connectivity index (χ0n) is 11.5. The van der Waals surface area contributed by atoms with E-state index in [1.807, 2.05) is 0 Å². The van der Waals surface area contributed by atoms with Crippen LogP contribution in [0.5, 0.6) is 0 Å². The van der Waals surface area contributed by atoms with Gasteiger partial charge in [-0.3, -0.25) is 9.59 Å². The van der Waals surface area contributed by atoms with Gasteiger partial charge in [-0.1, -0.05) is 6.07 Å². The number of fused-ring (bicyclic) bond motifs is 1. The highest BCUT2D eigenvalue weighted by Crippen LogP contribution is 2.18.